The van der Waals surface area contributed by atoms with Gasteiger partial charge >= 0.3 is 5.97 Å². The van der Waals surface area contributed by atoms with Crippen LogP contribution in [-0.2, 0) is 21.1 Å². The first-order valence-corrected chi connectivity index (χ1v) is 7.99. The van der Waals surface area contributed by atoms with Crippen molar-refractivity contribution >= 4 is 15.8 Å². The third kappa shape index (κ3) is 3.50. The number of aliphatic carboxylic acids is 1. The molecule has 20 heavy (non-hydrogen) atoms. The van der Waals surface area contributed by atoms with Crippen molar-refractivity contribution in [1.82, 2.24) is 0 Å². The number of benzene rings is 1. The van der Waals surface area contributed by atoms with Gasteiger partial charge in [0.25, 0.3) is 0 Å². The van der Waals surface area contributed by atoms with Crippen molar-refractivity contribution in [3.05, 3.63) is 23.3 Å². The summed E-state index contributed by atoms with van der Waals surface area (Å²) in [6, 6.07) is 3.14. The summed E-state index contributed by atoms with van der Waals surface area (Å²) in [5.41, 5.74) is 0.104. The summed E-state index contributed by atoms with van der Waals surface area (Å²) in [7, 11) is -1.93. The second-order valence-corrected chi connectivity index (χ2v) is 7.55. The number of carboxylic acids is 1. The summed E-state index contributed by atoms with van der Waals surface area (Å²) in [5.74, 6) is -0.426. The molecule has 0 amide bonds. The van der Waals surface area contributed by atoms with Crippen molar-refractivity contribution in [2.45, 2.75) is 32.1 Å². The Kier molecular flexibility index (Phi) is 4.49. The Morgan fingerprint density at radius 3 is 2.30 bits per heavy atom. The summed E-state index contributed by atoms with van der Waals surface area (Å²) < 4.78 is 28.9. The molecule has 0 aromatic heterocycles. The minimum atomic E-state index is -3.43. The van der Waals surface area contributed by atoms with Gasteiger partial charge in [0.05, 0.1) is 17.4 Å². The fourth-order valence-electron chi connectivity index (χ4n) is 1.96. The van der Waals surface area contributed by atoms with Crippen LogP contribution < -0.4 is 4.74 Å². The van der Waals surface area contributed by atoms with E-state index in [1.807, 2.05) is 0 Å². The monoisotopic (exact) mass is 300 g/mol. The van der Waals surface area contributed by atoms with Crippen molar-refractivity contribution in [1.29, 1.82) is 0 Å². The smallest absolute Gasteiger partial charge is 0.309 e. The van der Waals surface area contributed by atoms with E-state index in [0.29, 0.717) is 16.9 Å². The molecule has 0 bridgehead atoms. The molecule has 0 aliphatic carbocycles. The lowest BCUT2D eigenvalue weighted by Gasteiger charge is -2.21. The normalized spacial score (nSPS) is 12.2. The van der Waals surface area contributed by atoms with E-state index in [1.54, 1.807) is 26.8 Å². The van der Waals surface area contributed by atoms with Crippen molar-refractivity contribution in [2.75, 3.05) is 13.4 Å². The van der Waals surface area contributed by atoms with Crippen LogP contribution in [0.25, 0.3) is 0 Å². The molecule has 1 aromatic carbocycles. The molecule has 1 aromatic rings. The average molecular weight is 300 g/mol. The number of carboxylic acid groups (broad SMARTS) is 1. The Labute approximate surface area is 119 Å². The van der Waals surface area contributed by atoms with Gasteiger partial charge < -0.3 is 9.84 Å². The lowest BCUT2D eigenvalue weighted by molar-refractivity contribution is -0.146. The number of carbonyl (C=O) groups is 1. The van der Waals surface area contributed by atoms with E-state index >= 15 is 0 Å². The van der Waals surface area contributed by atoms with Gasteiger partial charge in [0.15, 0.2) is 9.84 Å². The third-order valence-electron chi connectivity index (χ3n) is 3.19. The molecule has 0 spiro atoms. The zero-order valence-corrected chi connectivity index (χ0v) is 13.2. The maximum atomic E-state index is 11.9. The van der Waals surface area contributed by atoms with Crippen molar-refractivity contribution < 1.29 is 23.1 Å². The van der Waals surface area contributed by atoms with Gasteiger partial charge in [0.2, 0.25) is 0 Å². The number of sulfone groups is 1. The molecule has 0 heterocycles. The molecule has 0 radical (unpaired) electrons. The fraction of sp³-hybridized carbons (Fsp3) is 0.500. The summed E-state index contributed by atoms with van der Waals surface area (Å²) in [4.78, 5) is 11.4. The zero-order chi connectivity index (χ0) is 15.7. The largest absolute Gasteiger partial charge is 0.496 e. The minimum absolute atomic E-state index is 0.112. The molecule has 0 unspecified atom stereocenters. The molecule has 0 saturated carbocycles. The second kappa shape index (κ2) is 5.44. The molecule has 6 heteroatoms. The molecular formula is C14H20O5S. The Morgan fingerprint density at radius 2 is 1.90 bits per heavy atom. The third-order valence-corrected chi connectivity index (χ3v) is 4.37. The van der Waals surface area contributed by atoms with Gasteiger partial charge in [0.1, 0.15) is 5.75 Å². The van der Waals surface area contributed by atoms with Crippen LogP contribution in [0.2, 0.25) is 0 Å². The number of rotatable bonds is 5. The zero-order valence-electron chi connectivity index (χ0n) is 12.4. The van der Waals surface area contributed by atoms with Crippen LogP contribution in [0.3, 0.4) is 0 Å². The van der Waals surface area contributed by atoms with E-state index in [4.69, 9.17) is 4.74 Å². The molecule has 0 atom stereocenters. The molecule has 1 N–H and O–H groups in total. The van der Waals surface area contributed by atoms with Crippen LogP contribution >= 0.6 is 0 Å². The topological polar surface area (TPSA) is 80.7 Å². The first kappa shape index (κ1) is 16.5. The first-order chi connectivity index (χ1) is 8.99. The van der Waals surface area contributed by atoms with Gasteiger partial charge in [-0.3, -0.25) is 4.79 Å². The highest BCUT2D eigenvalue weighted by Gasteiger charge is 2.30. The Hall–Kier alpha value is -1.56. The van der Waals surface area contributed by atoms with E-state index in [0.717, 1.165) is 6.26 Å². The van der Waals surface area contributed by atoms with Crippen molar-refractivity contribution in [3.63, 3.8) is 0 Å². The summed E-state index contributed by atoms with van der Waals surface area (Å²) in [5, 5.41) is 9.20. The van der Waals surface area contributed by atoms with Gasteiger partial charge in [-0.15, -0.1) is 0 Å². The summed E-state index contributed by atoms with van der Waals surface area (Å²) in [6.45, 7) is 4.88. The molecule has 5 nitrogen and oxygen atoms in total. The highest BCUT2D eigenvalue weighted by Crippen LogP contribution is 2.31. The van der Waals surface area contributed by atoms with Gasteiger partial charge in [-0.05, 0) is 50.5 Å². The van der Waals surface area contributed by atoms with Gasteiger partial charge in [-0.2, -0.15) is 0 Å². The van der Waals surface area contributed by atoms with E-state index in [1.165, 1.54) is 13.2 Å². The fourth-order valence-corrected chi connectivity index (χ4v) is 2.96. The van der Waals surface area contributed by atoms with Crippen LogP contribution in [-0.4, -0.2) is 32.9 Å². The SMILES string of the molecule is COc1cc(CC(C)(C)C(=O)O)c(S(C)(=O)=O)cc1C. The molecule has 112 valence electrons. The average Bonchev–Trinajstić information content (AvgIpc) is 2.29. The summed E-state index contributed by atoms with van der Waals surface area (Å²) in [6.07, 6.45) is 1.23. The second-order valence-electron chi connectivity index (χ2n) is 5.57. The summed E-state index contributed by atoms with van der Waals surface area (Å²) >= 11 is 0. The Morgan fingerprint density at radius 1 is 1.35 bits per heavy atom. The van der Waals surface area contributed by atoms with Gasteiger partial charge in [-0.1, -0.05) is 0 Å². The minimum Gasteiger partial charge on any atom is -0.496 e. The first-order valence-electron chi connectivity index (χ1n) is 6.10. The van der Waals surface area contributed by atoms with E-state index in [9.17, 15) is 18.3 Å². The lowest BCUT2D eigenvalue weighted by atomic mass is 9.85. The number of hydrogen-bond acceptors (Lipinski definition) is 4. The van der Waals surface area contributed by atoms with E-state index in [-0.39, 0.29) is 11.3 Å². The molecular weight excluding hydrogens is 280 g/mol. The Balaban J connectivity index is 3.47. The molecule has 0 aliphatic rings. The number of aryl methyl sites for hydroxylation is 1. The predicted octanol–water partition coefficient (Wildman–Crippen LogP) is 2.06. The maximum absolute atomic E-state index is 11.9. The highest BCUT2D eigenvalue weighted by molar-refractivity contribution is 7.90. The van der Waals surface area contributed by atoms with Crippen LogP contribution in [0.5, 0.6) is 5.75 Å². The van der Waals surface area contributed by atoms with Crippen molar-refractivity contribution in [2.24, 2.45) is 5.41 Å². The number of ether oxygens (including phenoxy) is 1. The van der Waals surface area contributed by atoms with Crippen LogP contribution in [0.1, 0.15) is 25.0 Å². The van der Waals surface area contributed by atoms with Crippen LogP contribution in [0.15, 0.2) is 17.0 Å². The Bertz CT molecular complexity index is 629. The number of hydrogen-bond donors (Lipinski definition) is 1. The number of methoxy groups -OCH3 is 1. The molecule has 0 aliphatic heterocycles. The maximum Gasteiger partial charge on any atom is 0.309 e. The van der Waals surface area contributed by atoms with Crippen LogP contribution in [0, 0.1) is 12.3 Å². The lowest BCUT2D eigenvalue weighted by Crippen LogP contribution is -2.27. The quantitative estimate of drug-likeness (QED) is 0.900. The standard InChI is InChI=1S/C14H20O5S/c1-9-6-12(20(5,17)18)10(7-11(9)19-4)8-14(2,3)13(15)16/h6-7H,8H2,1-5H3,(H,15,16). The van der Waals surface area contributed by atoms with Crippen molar-refractivity contribution in [3.8, 4) is 5.75 Å². The van der Waals surface area contributed by atoms with Gasteiger partial charge in [-0.25, -0.2) is 8.42 Å². The molecule has 0 saturated heterocycles. The van der Waals surface area contributed by atoms with E-state index < -0.39 is 21.2 Å². The predicted molar refractivity (Wildman–Crippen MR) is 76.0 cm³/mol. The molecule has 0 fully saturated rings. The van der Waals surface area contributed by atoms with Gasteiger partial charge in [0, 0.05) is 6.26 Å². The van der Waals surface area contributed by atoms with Crippen LogP contribution in [0.4, 0.5) is 0 Å². The molecule has 1 rings (SSSR count). The van der Waals surface area contributed by atoms with E-state index in [2.05, 4.69) is 0 Å². The highest BCUT2D eigenvalue weighted by atomic mass is 32.2.